The van der Waals surface area contributed by atoms with E-state index in [-0.39, 0.29) is 6.61 Å². The number of pyridine rings is 1. The zero-order valence-electron chi connectivity index (χ0n) is 10.1. The van der Waals surface area contributed by atoms with Crippen molar-refractivity contribution in [2.75, 3.05) is 6.61 Å². The number of esters is 1. The molecule has 0 bridgehead atoms. The minimum Gasteiger partial charge on any atom is -0.466 e. The van der Waals surface area contributed by atoms with Crippen LogP contribution >= 0.6 is 15.9 Å². The molecular weight excluding hydrogens is 353 g/mol. The Morgan fingerprint density at radius 3 is 2.50 bits per heavy atom. The van der Waals surface area contributed by atoms with Crippen LogP contribution in [0.1, 0.15) is 30.2 Å². The van der Waals surface area contributed by atoms with Crippen LogP contribution in [0.4, 0.5) is 22.0 Å². The van der Waals surface area contributed by atoms with Crippen LogP contribution in [0.5, 0.6) is 0 Å². The van der Waals surface area contributed by atoms with Gasteiger partial charge in [-0.15, -0.1) is 0 Å². The number of aromatic nitrogens is 1. The molecule has 0 aliphatic heterocycles. The number of nitrogens with zero attached hydrogens (tertiary/aromatic N) is 1. The van der Waals surface area contributed by atoms with E-state index < -0.39 is 46.3 Å². The van der Waals surface area contributed by atoms with Gasteiger partial charge in [-0.25, -0.2) is 8.78 Å². The first-order valence-corrected chi connectivity index (χ1v) is 6.16. The summed E-state index contributed by atoms with van der Waals surface area (Å²) in [4.78, 5) is 14.4. The van der Waals surface area contributed by atoms with Gasteiger partial charge in [0.05, 0.1) is 18.6 Å². The van der Waals surface area contributed by atoms with Crippen LogP contribution in [0.3, 0.4) is 0 Å². The number of rotatable bonds is 4. The van der Waals surface area contributed by atoms with E-state index in [1.807, 2.05) is 0 Å². The molecule has 1 rings (SSSR count). The molecule has 0 aromatic carbocycles. The second-order valence-electron chi connectivity index (χ2n) is 3.63. The van der Waals surface area contributed by atoms with Gasteiger partial charge in [0.15, 0.2) is 0 Å². The van der Waals surface area contributed by atoms with Gasteiger partial charge in [-0.3, -0.25) is 9.78 Å². The second-order valence-corrected chi connectivity index (χ2v) is 4.42. The molecule has 3 nitrogen and oxygen atoms in total. The van der Waals surface area contributed by atoms with E-state index in [1.54, 1.807) is 0 Å². The molecule has 0 atom stereocenters. The van der Waals surface area contributed by atoms with E-state index in [4.69, 9.17) is 0 Å². The summed E-state index contributed by atoms with van der Waals surface area (Å²) in [5.74, 6) is -0.906. The van der Waals surface area contributed by atoms with Crippen molar-refractivity contribution in [3.63, 3.8) is 0 Å². The molecule has 0 unspecified atom stereocenters. The number of alkyl halides is 5. The molecular formula is C11H9BrF5NO2. The predicted octanol–water partition coefficient (Wildman–Crippen LogP) is 3.91. The molecule has 0 fully saturated rings. The number of hydrogen-bond acceptors (Lipinski definition) is 3. The molecule has 0 aliphatic rings. The molecule has 0 radical (unpaired) electrons. The molecule has 0 N–H and O–H groups in total. The molecule has 20 heavy (non-hydrogen) atoms. The third kappa shape index (κ3) is 3.87. The van der Waals surface area contributed by atoms with E-state index >= 15 is 0 Å². The first-order chi connectivity index (χ1) is 9.18. The van der Waals surface area contributed by atoms with Crippen LogP contribution in [0.2, 0.25) is 0 Å². The standard InChI is InChI=1S/C11H9BrF5NO2/c1-2-20-7(19)3-5-8(12)6(11(15,16)17)4-18-9(5)10(13)14/h4,10H,2-3H2,1H3. The number of carbonyl (C=O) groups is 1. The van der Waals surface area contributed by atoms with Crippen LogP contribution in [0.15, 0.2) is 10.7 Å². The van der Waals surface area contributed by atoms with Crippen molar-refractivity contribution >= 4 is 21.9 Å². The molecule has 0 spiro atoms. The van der Waals surface area contributed by atoms with Crippen LogP contribution in [0, 0.1) is 0 Å². The Kier molecular flexibility index (Phi) is 5.43. The van der Waals surface area contributed by atoms with E-state index in [2.05, 4.69) is 25.7 Å². The summed E-state index contributed by atoms with van der Waals surface area (Å²) in [6.07, 6.45) is -8.28. The molecule has 1 heterocycles. The first-order valence-electron chi connectivity index (χ1n) is 5.36. The molecule has 0 aliphatic carbocycles. The van der Waals surface area contributed by atoms with Crippen molar-refractivity contribution in [1.29, 1.82) is 0 Å². The molecule has 0 amide bonds. The highest BCUT2D eigenvalue weighted by Gasteiger charge is 2.36. The normalized spacial score (nSPS) is 11.8. The highest BCUT2D eigenvalue weighted by molar-refractivity contribution is 9.10. The van der Waals surface area contributed by atoms with Crippen molar-refractivity contribution in [3.05, 3.63) is 27.5 Å². The van der Waals surface area contributed by atoms with Gasteiger partial charge in [0.25, 0.3) is 6.43 Å². The summed E-state index contributed by atoms with van der Waals surface area (Å²) >= 11 is 2.61. The zero-order valence-corrected chi connectivity index (χ0v) is 11.7. The van der Waals surface area contributed by atoms with Gasteiger partial charge < -0.3 is 4.74 Å². The van der Waals surface area contributed by atoms with Crippen LogP contribution in [-0.2, 0) is 22.1 Å². The highest BCUT2D eigenvalue weighted by Crippen LogP contribution is 2.38. The van der Waals surface area contributed by atoms with Crippen LogP contribution in [-0.4, -0.2) is 17.6 Å². The third-order valence-electron chi connectivity index (χ3n) is 2.28. The summed E-state index contributed by atoms with van der Waals surface area (Å²) in [6.45, 7) is 1.48. The maximum atomic E-state index is 12.8. The Balaban J connectivity index is 3.32. The maximum absolute atomic E-state index is 12.8. The van der Waals surface area contributed by atoms with Crippen molar-refractivity contribution in [3.8, 4) is 0 Å². The van der Waals surface area contributed by atoms with E-state index in [0.717, 1.165) is 0 Å². The molecule has 1 aromatic heterocycles. The average Bonchev–Trinajstić information content (AvgIpc) is 2.29. The minimum absolute atomic E-state index is 0.00709. The predicted molar refractivity (Wildman–Crippen MR) is 62.2 cm³/mol. The lowest BCUT2D eigenvalue weighted by molar-refractivity contribution is -0.143. The monoisotopic (exact) mass is 361 g/mol. The quantitative estimate of drug-likeness (QED) is 0.602. The Hall–Kier alpha value is -1.25. The van der Waals surface area contributed by atoms with Crippen molar-refractivity contribution in [2.45, 2.75) is 25.9 Å². The van der Waals surface area contributed by atoms with E-state index in [1.165, 1.54) is 6.92 Å². The van der Waals surface area contributed by atoms with Gasteiger partial charge in [0, 0.05) is 16.2 Å². The summed E-state index contributed by atoms with van der Waals surface area (Å²) in [7, 11) is 0. The van der Waals surface area contributed by atoms with E-state index in [9.17, 15) is 26.7 Å². The molecule has 1 aromatic rings. The average molecular weight is 362 g/mol. The fourth-order valence-electron chi connectivity index (χ4n) is 1.45. The maximum Gasteiger partial charge on any atom is 0.418 e. The topological polar surface area (TPSA) is 39.2 Å². The fourth-order valence-corrected chi connectivity index (χ4v) is 2.12. The number of ether oxygens (including phenoxy) is 1. The van der Waals surface area contributed by atoms with E-state index in [0.29, 0.717) is 6.20 Å². The number of halogens is 6. The van der Waals surface area contributed by atoms with Gasteiger partial charge in [0.1, 0.15) is 5.69 Å². The van der Waals surface area contributed by atoms with Crippen LogP contribution < -0.4 is 0 Å². The first kappa shape index (κ1) is 16.8. The Bertz CT molecular complexity index is 504. The number of hydrogen-bond donors (Lipinski definition) is 0. The Morgan fingerprint density at radius 1 is 1.45 bits per heavy atom. The van der Waals surface area contributed by atoms with Crippen molar-refractivity contribution in [2.24, 2.45) is 0 Å². The highest BCUT2D eigenvalue weighted by atomic mass is 79.9. The van der Waals surface area contributed by atoms with Crippen LogP contribution in [0.25, 0.3) is 0 Å². The second kappa shape index (κ2) is 6.47. The third-order valence-corrected chi connectivity index (χ3v) is 3.19. The molecule has 0 saturated heterocycles. The smallest absolute Gasteiger partial charge is 0.418 e. The van der Waals surface area contributed by atoms with Gasteiger partial charge in [0.2, 0.25) is 0 Å². The minimum atomic E-state index is -4.77. The summed E-state index contributed by atoms with van der Waals surface area (Å²) in [5.41, 5.74) is -2.62. The largest absolute Gasteiger partial charge is 0.466 e. The lowest BCUT2D eigenvalue weighted by atomic mass is 10.1. The lowest BCUT2D eigenvalue weighted by Crippen LogP contribution is -2.15. The van der Waals surface area contributed by atoms with Gasteiger partial charge in [-0.05, 0) is 22.9 Å². The molecule has 9 heteroatoms. The Morgan fingerprint density at radius 2 is 2.05 bits per heavy atom. The Labute approximate surface area is 119 Å². The lowest BCUT2D eigenvalue weighted by Gasteiger charge is -2.15. The van der Waals surface area contributed by atoms with Gasteiger partial charge in [-0.2, -0.15) is 13.2 Å². The van der Waals surface area contributed by atoms with Crippen molar-refractivity contribution < 1.29 is 31.5 Å². The fraction of sp³-hybridized carbons (Fsp3) is 0.455. The molecule has 0 saturated carbocycles. The summed E-state index contributed by atoms with van der Waals surface area (Å²) in [5, 5.41) is 0. The molecule has 112 valence electrons. The SMILES string of the molecule is CCOC(=O)Cc1c(C(F)F)ncc(C(F)(F)F)c1Br. The number of carbonyl (C=O) groups excluding carboxylic acids is 1. The van der Waals surface area contributed by atoms with Gasteiger partial charge in [-0.1, -0.05) is 0 Å². The summed E-state index contributed by atoms with van der Waals surface area (Å²) < 4.78 is 67.5. The van der Waals surface area contributed by atoms with Gasteiger partial charge >= 0.3 is 12.1 Å². The van der Waals surface area contributed by atoms with Crippen molar-refractivity contribution in [1.82, 2.24) is 4.98 Å². The summed E-state index contributed by atoms with van der Waals surface area (Å²) in [6, 6.07) is 0. The zero-order chi connectivity index (χ0) is 15.5.